The van der Waals surface area contributed by atoms with E-state index < -0.39 is 11.0 Å². The van der Waals surface area contributed by atoms with E-state index >= 15 is 0 Å². The van der Waals surface area contributed by atoms with Crippen LogP contribution in [0.25, 0.3) is 0 Å². The zero-order valence-corrected chi connectivity index (χ0v) is 15.3. The number of benzene rings is 3. The largest absolute Gasteiger partial charge is 0.482 e. The normalized spacial score (nSPS) is 11.8. The lowest BCUT2D eigenvalue weighted by molar-refractivity contribution is -0.386. The first-order valence-electron chi connectivity index (χ1n) is 9.01. The molecule has 6 heteroatoms. The average Bonchev–Trinajstić information content (AvgIpc) is 2.73. The molecule has 0 spiro atoms. The molecule has 2 N–H and O–H groups in total. The van der Waals surface area contributed by atoms with Crippen LogP contribution in [0.4, 0.5) is 5.69 Å². The van der Waals surface area contributed by atoms with Crippen molar-refractivity contribution in [3.63, 3.8) is 0 Å². The highest BCUT2D eigenvalue weighted by molar-refractivity contribution is 5.49. The van der Waals surface area contributed by atoms with E-state index in [1.807, 2.05) is 60.7 Å². The van der Waals surface area contributed by atoms with Crippen LogP contribution in [-0.4, -0.2) is 16.6 Å². The lowest BCUT2D eigenvalue weighted by Gasteiger charge is -2.14. The summed E-state index contributed by atoms with van der Waals surface area (Å²) in [4.78, 5) is 10.9. The first kappa shape index (κ1) is 19.5. The molecule has 0 saturated carbocycles. The minimum atomic E-state index is -0.856. The van der Waals surface area contributed by atoms with Crippen LogP contribution in [0.15, 0.2) is 78.9 Å². The predicted molar refractivity (Wildman–Crippen MR) is 107 cm³/mol. The number of nitro groups is 1. The summed E-state index contributed by atoms with van der Waals surface area (Å²) < 4.78 is 5.62. The Bertz CT molecular complexity index is 901. The van der Waals surface area contributed by atoms with Gasteiger partial charge in [0.15, 0.2) is 5.75 Å². The summed E-state index contributed by atoms with van der Waals surface area (Å²) in [6.45, 7) is 1.14. The summed E-state index contributed by atoms with van der Waals surface area (Å²) in [5, 5.41) is 25.0. The molecule has 144 valence electrons. The van der Waals surface area contributed by atoms with Gasteiger partial charge in [0.1, 0.15) is 6.61 Å². The van der Waals surface area contributed by atoms with Crippen molar-refractivity contribution in [1.29, 1.82) is 0 Å². The van der Waals surface area contributed by atoms with Gasteiger partial charge in [-0.15, -0.1) is 0 Å². The molecule has 0 aliphatic heterocycles. The van der Waals surface area contributed by atoms with Gasteiger partial charge in [-0.3, -0.25) is 10.1 Å². The van der Waals surface area contributed by atoms with Gasteiger partial charge in [-0.1, -0.05) is 66.7 Å². The minimum absolute atomic E-state index is 0.157. The number of ether oxygens (including phenoxy) is 1. The van der Waals surface area contributed by atoms with Crippen LogP contribution in [0.3, 0.4) is 0 Å². The van der Waals surface area contributed by atoms with Crippen LogP contribution in [-0.2, 0) is 13.2 Å². The van der Waals surface area contributed by atoms with Gasteiger partial charge in [0.05, 0.1) is 11.0 Å². The van der Waals surface area contributed by atoms with Gasteiger partial charge in [0, 0.05) is 19.2 Å². The second-order valence-electron chi connectivity index (χ2n) is 6.39. The minimum Gasteiger partial charge on any atom is -0.482 e. The summed E-state index contributed by atoms with van der Waals surface area (Å²) in [7, 11) is 0. The lowest BCUT2D eigenvalue weighted by Crippen LogP contribution is -2.21. The molecule has 0 aliphatic carbocycles. The Morgan fingerprint density at radius 3 is 2.25 bits per heavy atom. The first-order chi connectivity index (χ1) is 13.6. The third-order valence-corrected chi connectivity index (χ3v) is 4.31. The molecule has 0 aliphatic rings. The van der Waals surface area contributed by atoms with Crippen molar-refractivity contribution in [2.24, 2.45) is 0 Å². The molecule has 0 unspecified atom stereocenters. The number of nitrogens with one attached hydrogen (secondary N) is 1. The summed E-state index contributed by atoms with van der Waals surface area (Å²) in [6, 6.07) is 23.8. The van der Waals surface area contributed by atoms with Crippen LogP contribution < -0.4 is 10.1 Å². The monoisotopic (exact) mass is 378 g/mol. The van der Waals surface area contributed by atoms with Gasteiger partial charge in [-0.2, -0.15) is 0 Å². The summed E-state index contributed by atoms with van der Waals surface area (Å²) >= 11 is 0. The van der Waals surface area contributed by atoms with Gasteiger partial charge >= 0.3 is 5.69 Å². The Hall–Kier alpha value is -3.22. The highest BCUT2D eigenvalue weighted by Crippen LogP contribution is 2.30. The summed E-state index contributed by atoms with van der Waals surface area (Å²) in [5.74, 6) is 0.182. The molecular formula is C22H22N2O4. The molecule has 0 fully saturated rings. The number of hydrogen-bond donors (Lipinski definition) is 2. The molecule has 0 heterocycles. The zero-order chi connectivity index (χ0) is 19.8. The highest BCUT2D eigenvalue weighted by atomic mass is 16.6. The molecule has 3 aromatic rings. The Balaban J connectivity index is 1.63. The van der Waals surface area contributed by atoms with Crippen LogP contribution in [0.1, 0.15) is 22.8 Å². The lowest BCUT2D eigenvalue weighted by atomic mass is 10.1. The smallest absolute Gasteiger partial charge is 0.311 e. The van der Waals surface area contributed by atoms with E-state index in [1.54, 1.807) is 6.07 Å². The molecule has 1 atom stereocenters. The fourth-order valence-corrected chi connectivity index (χ4v) is 2.81. The quantitative estimate of drug-likeness (QED) is 0.434. The molecule has 0 radical (unpaired) electrons. The molecule has 6 nitrogen and oxygen atoms in total. The van der Waals surface area contributed by atoms with Crippen molar-refractivity contribution in [1.82, 2.24) is 5.32 Å². The van der Waals surface area contributed by atoms with Crippen molar-refractivity contribution in [2.45, 2.75) is 19.3 Å². The van der Waals surface area contributed by atoms with E-state index in [9.17, 15) is 15.2 Å². The third-order valence-electron chi connectivity index (χ3n) is 4.31. The second kappa shape index (κ2) is 9.64. The van der Waals surface area contributed by atoms with Gasteiger partial charge in [0.2, 0.25) is 0 Å². The van der Waals surface area contributed by atoms with Crippen molar-refractivity contribution in [3.8, 4) is 5.75 Å². The first-order valence-corrected chi connectivity index (χ1v) is 9.01. The van der Waals surface area contributed by atoms with Gasteiger partial charge in [-0.25, -0.2) is 0 Å². The van der Waals surface area contributed by atoms with E-state index in [0.717, 1.165) is 11.1 Å². The highest BCUT2D eigenvalue weighted by Gasteiger charge is 2.19. The summed E-state index contributed by atoms with van der Waals surface area (Å²) in [5.41, 5.74) is 2.34. The molecule has 0 aromatic heterocycles. The van der Waals surface area contributed by atoms with E-state index in [1.165, 1.54) is 12.1 Å². The van der Waals surface area contributed by atoms with Gasteiger partial charge in [-0.05, 0) is 22.8 Å². The van der Waals surface area contributed by atoms with E-state index in [2.05, 4.69) is 5.32 Å². The van der Waals surface area contributed by atoms with Gasteiger partial charge < -0.3 is 15.2 Å². The van der Waals surface area contributed by atoms with E-state index in [4.69, 9.17) is 4.74 Å². The van der Waals surface area contributed by atoms with E-state index in [0.29, 0.717) is 12.1 Å². The van der Waals surface area contributed by atoms with Crippen LogP contribution >= 0.6 is 0 Å². The van der Waals surface area contributed by atoms with Crippen LogP contribution in [0, 0.1) is 10.1 Å². The number of nitrogens with zero attached hydrogens (tertiary/aromatic N) is 1. The molecule has 0 saturated heterocycles. The maximum atomic E-state index is 11.4. The number of nitro benzene ring substituents is 1. The molecule has 28 heavy (non-hydrogen) atoms. The summed E-state index contributed by atoms with van der Waals surface area (Å²) in [6.07, 6.45) is -0.856. The van der Waals surface area contributed by atoms with Crippen molar-refractivity contribution < 1.29 is 14.8 Å². The number of aliphatic hydroxyl groups is 1. The number of aliphatic hydroxyl groups excluding tert-OH is 1. The maximum Gasteiger partial charge on any atom is 0.311 e. The predicted octanol–water partition coefficient (Wildman–Crippen LogP) is 4.00. The van der Waals surface area contributed by atoms with E-state index in [-0.39, 0.29) is 24.6 Å². The fraction of sp³-hybridized carbons (Fsp3) is 0.182. The van der Waals surface area contributed by atoms with Crippen LogP contribution in [0.2, 0.25) is 0 Å². The Morgan fingerprint density at radius 1 is 0.964 bits per heavy atom. The van der Waals surface area contributed by atoms with Gasteiger partial charge in [0.25, 0.3) is 0 Å². The topological polar surface area (TPSA) is 84.6 Å². The standard InChI is InChI=1S/C22H22N2O4/c25-21(15-23-14-17-7-3-1-4-8-17)19-11-12-22(20(13-19)24(26)27)28-16-18-9-5-2-6-10-18/h1-13,21,23,25H,14-16H2/t21-/m0/s1. The molecule has 0 bridgehead atoms. The fourth-order valence-electron chi connectivity index (χ4n) is 2.81. The Labute approximate surface area is 163 Å². The number of rotatable bonds is 9. The average molecular weight is 378 g/mol. The van der Waals surface area contributed by atoms with Crippen LogP contribution in [0.5, 0.6) is 5.75 Å². The van der Waals surface area contributed by atoms with Crippen molar-refractivity contribution in [2.75, 3.05) is 6.54 Å². The molecule has 3 rings (SSSR count). The third kappa shape index (κ3) is 5.39. The maximum absolute atomic E-state index is 11.4. The zero-order valence-electron chi connectivity index (χ0n) is 15.3. The van der Waals surface area contributed by atoms with Crippen molar-refractivity contribution >= 4 is 5.69 Å². The second-order valence-corrected chi connectivity index (χ2v) is 6.39. The number of hydrogen-bond acceptors (Lipinski definition) is 5. The molecule has 0 amide bonds. The Morgan fingerprint density at radius 2 is 1.61 bits per heavy atom. The molecular weight excluding hydrogens is 356 g/mol. The Kier molecular flexibility index (Phi) is 6.73. The van der Waals surface area contributed by atoms with Crippen molar-refractivity contribution in [3.05, 3.63) is 106 Å². The molecule has 3 aromatic carbocycles. The SMILES string of the molecule is O=[N+]([O-])c1cc([C@@H](O)CNCc2ccccc2)ccc1OCc1ccccc1.